The van der Waals surface area contributed by atoms with E-state index in [1.165, 1.54) is 5.56 Å². The van der Waals surface area contributed by atoms with Crippen LogP contribution in [0.4, 0.5) is 11.5 Å². The Balaban J connectivity index is 1.72. The Morgan fingerprint density at radius 1 is 1.16 bits per heavy atom. The number of nitrogens with one attached hydrogen (secondary N) is 2. The maximum absolute atomic E-state index is 4.71. The number of benzene rings is 1. The van der Waals surface area contributed by atoms with E-state index in [2.05, 4.69) is 51.6 Å². The quantitative estimate of drug-likeness (QED) is 0.571. The summed E-state index contributed by atoms with van der Waals surface area (Å²) < 4.78 is 0. The molecule has 4 aromatic rings. The Hall–Kier alpha value is -2.77. The van der Waals surface area contributed by atoms with E-state index in [1.54, 1.807) is 17.5 Å². The standard InChI is InChI=1S/C18H18N6S/c1-24(2)11-12-5-3-6-13(9-12)20-18-16-14(10-19-23-16)21-17(22-18)15-7-4-8-25-15/h3-10H,11H2,1-2H3,(H,19,23)(H,20,21,22). The van der Waals surface area contributed by atoms with Gasteiger partial charge in [0.15, 0.2) is 11.6 Å². The molecule has 0 aliphatic heterocycles. The van der Waals surface area contributed by atoms with Gasteiger partial charge in [-0.2, -0.15) is 5.10 Å². The molecule has 0 fully saturated rings. The van der Waals surface area contributed by atoms with E-state index in [1.807, 2.05) is 29.6 Å². The smallest absolute Gasteiger partial charge is 0.172 e. The van der Waals surface area contributed by atoms with Crippen molar-refractivity contribution in [3.8, 4) is 10.7 Å². The summed E-state index contributed by atoms with van der Waals surface area (Å²) in [5, 5.41) is 12.5. The summed E-state index contributed by atoms with van der Waals surface area (Å²) in [5.74, 6) is 1.43. The van der Waals surface area contributed by atoms with Gasteiger partial charge in [0, 0.05) is 12.2 Å². The molecular formula is C18H18N6S. The van der Waals surface area contributed by atoms with Crippen LogP contribution < -0.4 is 5.32 Å². The van der Waals surface area contributed by atoms with Gasteiger partial charge < -0.3 is 10.2 Å². The van der Waals surface area contributed by atoms with E-state index in [9.17, 15) is 0 Å². The molecule has 0 bridgehead atoms. The van der Waals surface area contributed by atoms with Crippen molar-refractivity contribution in [2.45, 2.75) is 6.54 Å². The number of nitrogens with zero attached hydrogens (tertiary/aromatic N) is 4. The molecule has 0 aliphatic rings. The van der Waals surface area contributed by atoms with Crippen molar-refractivity contribution in [2.75, 3.05) is 19.4 Å². The van der Waals surface area contributed by atoms with Crippen LogP contribution in [-0.2, 0) is 6.54 Å². The fourth-order valence-corrected chi connectivity index (χ4v) is 3.35. The Kier molecular flexibility index (Phi) is 4.17. The first kappa shape index (κ1) is 15.7. The summed E-state index contributed by atoms with van der Waals surface area (Å²) in [4.78, 5) is 12.5. The molecule has 126 valence electrons. The fourth-order valence-electron chi connectivity index (χ4n) is 2.70. The van der Waals surface area contributed by atoms with Gasteiger partial charge in [0.2, 0.25) is 0 Å². The first-order valence-corrected chi connectivity index (χ1v) is 8.83. The number of aromatic amines is 1. The lowest BCUT2D eigenvalue weighted by atomic mass is 10.2. The van der Waals surface area contributed by atoms with Crippen molar-refractivity contribution in [3.63, 3.8) is 0 Å². The summed E-state index contributed by atoms with van der Waals surface area (Å²) in [5.41, 5.74) is 3.83. The Bertz CT molecular complexity index is 990. The van der Waals surface area contributed by atoms with Gasteiger partial charge in [-0.1, -0.05) is 18.2 Å². The Morgan fingerprint density at radius 3 is 2.88 bits per heavy atom. The van der Waals surface area contributed by atoms with Gasteiger partial charge in [-0.3, -0.25) is 5.10 Å². The molecule has 0 atom stereocenters. The minimum absolute atomic E-state index is 0.704. The van der Waals surface area contributed by atoms with Crippen molar-refractivity contribution in [1.82, 2.24) is 25.1 Å². The number of anilines is 2. The monoisotopic (exact) mass is 350 g/mol. The van der Waals surface area contributed by atoms with Crippen molar-refractivity contribution < 1.29 is 0 Å². The summed E-state index contributed by atoms with van der Waals surface area (Å²) in [6.07, 6.45) is 1.72. The van der Waals surface area contributed by atoms with E-state index < -0.39 is 0 Å². The largest absolute Gasteiger partial charge is 0.338 e. The molecule has 0 spiro atoms. The second-order valence-electron chi connectivity index (χ2n) is 6.07. The zero-order valence-electron chi connectivity index (χ0n) is 14.0. The SMILES string of the molecule is CN(C)Cc1cccc(Nc2nc(-c3cccs3)nc3cn[nH]c23)c1. The molecule has 0 saturated carbocycles. The van der Waals surface area contributed by atoms with E-state index in [0.29, 0.717) is 5.82 Å². The highest BCUT2D eigenvalue weighted by Gasteiger charge is 2.12. The van der Waals surface area contributed by atoms with Crippen molar-refractivity contribution in [2.24, 2.45) is 0 Å². The third-order valence-corrected chi connectivity index (χ3v) is 4.60. The van der Waals surface area contributed by atoms with Crippen LogP contribution in [0, 0.1) is 0 Å². The number of rotatable bonds is 5. The minimum Gasteiger partial charge on any atom is -0.338 e. The van der Waals surface area contributed by atoms with Crippen LogP contribution in [0.2, 0.25) is 0 Å². The van der Waals surface area contributed by atoms with Crippen molar-refractivity contribution >= 4 is 33.9 Å². The zero-order chi connectivity index (χ0) is 17.2. The molecule has 7 heteroatoms. The lowest BCUT2D eigenvalue weighted by molar-refractivity contribution is 0.402. The van der Waals surface area contributed by atoms with Gasteiger partial charge in [0.25, 0.3) is 0 Å². The van der Waals surface area contributed by atoms with Crippen LogP contribution in [0.1, 0.15) is 5.56 Å². The maximum atomic E-state index is 4.71. The van der Waals surface area contributed by atoms with Gasteiger partial charge in [-0.25, -0.2) is 9.97 Å². The number of hydrogen-bond acceptors (Lipinski definition) is 6. The van der Waals surface area contributed by atoms with Gasteiger partial charge in [0.05, 0.1) is 11.1 Å². The molecule has 0 radical (unpaired) electrons. The molecule has 4 rings (SSSR count). The number of fused-ring (bicyclic) bond motifs is 1. The second kappa shape index (κ2) is 6.62. The number of H-pyrrole nitrogens is 1. The van der Waals surface area contributed by atoms with Crippen LogP contribution in [0.3, 0.4) is 0 Å². The average Bonchev–Trinajstić information content (AvgIpc) is 3.26. The Morgan fingerprint density at radius 2 is 2.08 bits per heavy atom. The normalized spacial score (nSPS) is 11.3. The highest BCUT2D eigenvalue weighted by molar-refractivity contribution is 7.13. The molecule has 6 nitrogen and oxygen atoms in total. The first-order valence-electron chi connectivity index (χ1n) is 7.95. The Labute approximate surface area is 149 Å². The molecular weight excluding hydrogens is 332 g/mol. The summed E-state index contributed by atoms with van der Waals surface area (Å²) in [6, 6.07) is 12.4. The van der Waals surface area contributed by atoms with E-state index >= 15 is 0 Å². The summed E-state index contributed by atoms with van der Waals surface area (Å²) in [7, 11) is 4.12. The molecule has 0 saturated heterocycles. The van der Waals surface area contributed by atoms with E-state index in [4.69, 9.17) is 4.98 Å². The zero-order valence-corrected chi connectivity index (χ0v) is 14.8. The van der Waals surface area contributed by atoms with Crippen LogP contribution in [0.15, 0.2) is 48.0 Å². The maximum Gasteiger partial charge on any atom is 0.172 e. The van der Waals surface area contributed by atoms with Crippen molar-refractivity contribution in [1.29, 1.82) is 0 Å². The minimum atomic E-state index is 0.704. The van der Waals surface area contributed by atoms with Crippen LogP contribution in [0.25, 0.3) is 21.7 Å². The van der Waals surface area contributed by atoms with Gasteiger partial charge in [-0.15, -0.1) is 11.3 Å². The topological polar surface area (TPSA) is 69.7 Å². The molecule has 3 heterocycles. The summed E-state index contributed by atoms with van der Waals surface area (Å²) >= 11 is 1.62. The lowest BCUT2D eigenvalue weighted by Crippen LogP contribution is -2.10. The molecule has 0 aliphatic carbocycles. The highest BCUT2D eigenvalue weighted by atomic mass is 32.1. The molecule has 25 heavy (non-hydrogen) atoms. The molecule has 2 N–H and O–H groups in total. The predicted octanol–water partition coefficient (Wildman–Crippen LogP) is 3.89. The van der Waals surface area contributed by atoms with Crippen molar-refractivity contribution in [3.05, 3.63) is 53.5 Å². The predicted molar refractivity (Wildman–Crippen MR) is 102 cm³/mol. The van der Waals surface area contributed by atoms with Gasteiger partial charge in [-0.05, 0) is 43.2 Å². The van der Waals surface area contributed by atoms with Crippen LogP contribution in [-0.4, -0.2) is 39.2 Å². The van der Waals surface area contributed by atoms with E-state index in [-0.39, 0.29) is 0 Å². The third kappa shape index (κ3) is 3.38. The average molecular weight is 350 g/mol. The van der Waals surface area contributed by atoms with E-state index in [0.717, 1.165) is 34.0 Å². The molecule has 0 amide bonds. The van der Waals surface area contributed by atoms with Gasteiger partial charge >= 0.3 is 0 Å². The molecule has 0 unspecified atom stereocenters. The van der Waals surface area contributed by atoms with Crippen LogP contribution >= 0.6 is 11.3 Å². The lowest BCUT2D eigenvalue weighted by Gasteiger charge is -2.12. The summed E-state index contributed by atoms with van der Waals surface area (Å²) in [6.45, 7) is 0.888. The second-order valence-corrected chi connectivity index (χ2v) is 7.01. The number of thiophene rings is 1. The first-order chi connectivity index (χ1) is 12.2. The fraction of sp³-hybridized carbons (Fsp3) is 0.167. The van der Waals surface area contributed by atoms with Crippen LogP contribution in [0.5, 0.6) is 0 Å². The third-order valence-electron chi connectivity index (χ3n) is 3.73. The number of aromatic nitrogens is 4. The molecule has 3 aromatic heterocycles. The molecule has 1 aromatic carbocycles. The number of hydrogen-bond donors (Lipinski definition) is 2. The van der Waals surface area contributed by atoms with Gasteiger partial charge in [0.1, 0.15) is 11.0 Å². The highest BCUT2D eigenvalue weighted by Crippen LogP contribution is 2.28.